The van der Waals surface area contributed by atoms with Gasteiger partial charge in [0.05, 0.1) is 7.11 Å². The molecule has 0 amide bonds. The minimum Gasteiger partial charge on any atom is -0.497 e. The first-order chi connectivity index (χ1) is 8.67. The summed E-state index contributed by atoms with van der Waals surface area (Å²) in [5, 5.41) is 3.66. The maximum atomic E-state index is 5.21. The Morgan fingerprint density at radius 2 is 2.06 bits per heavy atom. The quantitative estimate of drug-likeness (QED) is 0.890. The number of benzene rings is 1. The largest absolute Gasteiger partial charge is 0.497 e. The van der Waals surface area contributed by atoms with Gasteiger partial charge in [-0.05, 0) is 50.6 Å². The molecule has 1 unspecified atom stereocenters. The molecule has 0 aromatic heterocycles. The van der Waals surface area contributed by atoms with E-state index in [1.54, 1.807) is 7.11 Å². The van der Waals surface area contributed by atoms with Gasteiger partial charge in [0.15, 0.2) is 0 Å². The lowest BCUT2D eigenvalue weighted by atomic mass is 9.98. The second-order valence-corrected chi connectivity index (χ2v) is 5.31. The van der Waals surface area contributed by atoms with Gasteiger partial charge >= 0.3 is 0 Å². The zero-order chi connectivity index (χ0) is 13.0. The third-order valence-electron chi connectivity index (χ3n) is 3.91. The number of rotatable bonds is 3. The Balaban J connectivity index is 2.14. The SMILES string of the molecule is CCC1(C)CN(c2ccc(OC)cc2)CCCN1. The summed E-state index contributed by atoms with van der Waals surface area (Å²) >= 11 is 0. The normalized spacial score (nSPS) is 24.7. The zero-order valence-corrected chi connectivity index (χ0v) is 11.7. The molecule has 0 radical (unpaired) electrons. The van der Waals surface area contributed by atoms with Gasteiger partial charge in [0, 0.05) is 24.3 Å². The average molecular weight is 248 g/mol. The lowest BCUT2D eigenvalue weighted by Gasteiger charge is -2.34. The molecule has 1 heterocycles. The zero-order valence-electron chi connectivity index (χ0n) is 11.7. The maximum Gasteiger partial charge on any atom is 0.119 e. The third-order valence-corrected chi connectivity index (χ3v) is 3.91. The van der Waals surface area contributed by atoms with E-state index in [0.29, 0.717) is 0 Å². The smallest absolute Gasteiger partial charge is 0.119 e. The summed E-state index contributed by atoms with van der Waals surface area (Å²) in [5.74, 6) is 0.921. The highest BCUT2D eigenvalue weighted by Crippen LogP contribution is 2.23. The molecule has 2 rings (SSSR count). The van der Waals surface area contributed by atoms with Crippen molar-refractivity contribution in [2.45, 2.75) is 32.2 Å². The molecule has 1 fully saturated rings. The summed E-state index contributed by atoms with van der Waals surface area (Å²) in [7, 11) is 1.71. The van der Waals surface area contributed by atoms with E-state index < -0.39 is 0 Å². The molecule has 0 bridgehead atoms. The fourth-order valence-corrected chi connectivity index (χ4v) is 2.47. The van der Waals surface area contributed by atoms with Gasteiger partial charge in [0.1, 0.15) is 5.75 Å². The van der Waals surface area contributed by atoms with Crippen LogP contribution in [0.2, 0.25) is 0 Å². The molecule has 1 aliphatic rings. The first-order valence-corrected chi connectivity index (χ1v) is 6.81. The van der Waals surface area contributed by atoms with E-state index in [0.717, 1.165) is 31.8 Å². The van der Waals surface area contributed by atoms with Gasteiger partial charge in [-0.1, -0.05) is 6.92 Å². The molecule has 100 valence electrons. The lowest BCUT2D eigenvalue weighted by molar-refractivity contribution is 0.366. The Bertz CT molecular complexity index is 377. The number of nitrogens with zero attached hydrogens (tertiary/aromatic N) is 1. The van der Waals surface area contributed by atoms with Crippen molar-refractivity contribution in [2.75, 3.05) is 31.6 Å². The van der Waals surface area contributed by atoms with Crippen molar-refractivity contribution in [3.8, 4) is 5.75 Å². The molecular weight excluding hydrogens is 224 g/mol. The Morgan fingerprint density at radius 3 is 2.67 bits per heavy atom. The van der Waals surface area contributed by atoms with Crippen LogP contribution in [-0.4, -0.2) is 32.3 Å². The van der Waals surface area contributed by atoms with E-state index in [2.05, 4.69) is 36.2 Å². The molecule has 3 heteroatoms. The van der Waals surface area contributed by atoms with E-state index in [4.69, 9.17) is 4.74 Å². The van der Waals surface area contributed by atoms with Crippen molar-refractivity contribution in [3.05, 3.63) is 24.3 Å². The van der Waals surface area contributed by atoms with Gasteiger partial charge in [-0.15, -0.1) is 0 Å². The molecule has 3 nitrogen and oxygen atoms in total. The van der Waals surface area contributed by atoms with Crippen LogP contribution >= 0.6 is 0 Å². The minimum absolute atomic E-state index is 0.219. The second kappa shape index (κ2) is 5.61. The van der Waals surface area contributed by atoms with Crippen molar-refractivity contribution in [1.82, 2.24) is 5.32 Å². The molecule has 1 saturated heterocycles. The van der Waals surface area contributed by atoms with Crippen LogP contribution in [0.5, 0.6) is 5.75 Å². The van der Waals surface area contributed by atoms with Gasteiger partial charge in [0.2, 0.25) is 0 Å². The van der Waals surface area contributed by atoms with Crippen LogP contribution in [0.3, 0.4) is 0 Å². The number of methoxy groups -OCH3 is 1. The van der Waals surface area contributed by atoms with Gasteiger partial charge < -0.3 is 15.0 Å². The second-order valence-electron chi connectivity index (χ2n) is 5.31. The standard InChI is InChI=1S/C15H24N2O/c1-4-15(2)12-17(11-5-10-16-15)13-6-8-14(18-3)9-7-13/h6-9,16H,4-5,10-12H2,1-3H3. The fourth-order valence-electron chi connectivity index (χ4n) is 2.47. The average Bonchev–Trinajstić information content (AvgIpc) is 2.62. The molecule has 1 aromatic rings. The molecule has 18 heavy (non-hydrogen) atoms. The molecule has 0 aliphatic carbocycles. The summed E-state index contributed by atoms with van der Waals surface area (Å²) in [4.78, 5) is 2.48. The highest BCUT2D eigenvalue weighted by atomic mass is 16.5. The van der Waals surface area contributed by atoms with E-state index in [1.807, 2.05) is 12.1 Å². The van der Waals surface area contributed by atoms with Gasteiger partial charge in [0.25, 0.3) is 0 Å². The van der Waals surface area contributed by atoms with E-state index >= 15 is 0 Å². The van der Waals surface area contributed by atoms with Crippen molar-refractivity contribution >= 4 is 5.69 Å². The van der Waals surface area contributed by atoms with E-state index in [-0.39, 0.29) is 5.54 Å². The number of hydrogen-bond donors (Lipinski definition) is 1. The predicted molar refractivity (Wildman–Crippen MR) is 76.5 cm³/mol. The monoisotopic (exact) mass is 248 g/mol. The minimum atomic E-state index is 0.219. The van der Waals surface area contributed by atoms with Gasteiger partial charge in [-0.25, -0.2) is 0 Å². The van der Waals surface area contributed by atoms with Crippen molar-refractivity contribution in [2.24, 2.45) is 0 Å². The molecule has 1 aromatic carbocycles. The van der Waals surface area contributed by atoms with Crippen LogP contribution in [0.25, 0.3) is 0 Å². The molecule has 1 N–H and O–H groups in total. The van der Waals surface area contributed by atoms with Crippen LogP contribution in [-0.2, 0) is 0 Å². The van der Waals surface area contributed by atoms with Gasteiger partial charge in [-0.3, -0.25) is 0 Å². The fraction of sp³-hybridized carbons (Fsp3) is 0.600. The topological polar surface area (TPSA) is 24.5 Å². The maximum absolute atomic E-state index is 5.21. The third kappa shape index (κ3) is 2.96. The molecule has 1 aliphatic heterocycles. The van der Waals surface area contributed by atoms with Crippen LogP contribution in [0.1, 0.15) is 26.7 Å². The van der Waals surface area contributed by atoms with E-state index in [9.17, 15) is 0 Å². The number of ether oxygens (including phenoxy) is 1. The Labute approximate surface area is 110 Å². The van der Waals surface area contributed by atoms with Crippen molar-refractivity contribution in [1.29, 1.82) is 0 Å². The van der Waals surface area contributed by atoms with Gasteiger partial charge in [-0.2, -0.15) is 0 Å². The number of hydrogen-bond acceptors (Lipinski definition) is 3. The van der Waals surface area contributed by atoms with Crippen LogP contribution in [0, 0.1) is 0 Å². The van der Waals surface area contributed by atoms with Crippen LogP contribution in [0.15, 0.2) is 24.3 Å². The van der Waals surface area contributed by atoms with Crippen molar-refractivity contribution in [3.63, 3.8) is 0 Å². The Kier molecular flexibility index (Phi) is 4.12. The molecule has 0 spiro atoms. The summed E-state index contributed by atoms with van der Waals surface area (Å²) in [6, 6.07) is 8.38. The first-order valence-electron chi connectivity index (χ1n) is 6.81. The highest BCUT2D eigenvalue weighted by molar-refractivity contribution is 5.49. The Hall–Kier alpha value is -1.22. The summed E-state index contributed by atoms with van der Waals surface area (Å²) in [5.41, 5.74) is 1.51. The van der Waals surface area contributed by atoms with Crippen LogP contribution < -0.4 is 15.0 Å². The summed E-state index contributed by atoms with van der Waals surface area (Å²) < 4.78 is 5.21. The predicted octanol–water partition coefficient (Wildman–Crippen LogP) is 2.66. The van der Waals surface area contributed by atoms with Crippen molar-refractivity contribution < 1.29 is 4.74 Å². The number of anilines is 1. The summed E-state index contributed by atoms with van der Waals surface area (Å²) in [6.45, 7) is 7.86. The highest BCUT2D eigenvalue weighted by Gasteiger charge is 2.27. The molecule has 0 saturated carbocycles. The lowest BCUT2D eigenvalue weighted by Crippen LogP contribution is -2.48. The summed E-state index contributed by atoms with van der Waals surface area (Å²) in [6.07, 6.45) is 2.35. The first kappa shape index (κ1) is 13.2. The Morgan fingerprint density at radius 1 is 1.33 bits per heavy atom. The molecule has 1 atom stereocenters. The number of nitrogens with one attached hydrogen (secondary N) is 1. The van der Waals surface area contributed by atoms with Crippen LogP contribution in [0.4, 0.5) is 5.69 Å². The molecular formula is C15H24N2O. The van der Waals surface area contributed by atoms with E-state index in [1.165, 1.54) is 12.1 Å².